The molecule has 3 aromatic heterocycles. The zero-order valence-electron chi connectivity index (χ0n) is 27.1. The molecule has 0 unspecified atom stereocenters. The van der Waals surface area contributed by atoms with Gasteiger partial charge in [0.15, 0.2) is 5.82 Å². The number of hydrogen-bond donors (Lipinski definition) is 0. The maximum absolute atomic E-state index is 5.12. The molecule has 0 amide bonds. The number of aromatic nitrogens is 4. The number of benzene rings is 7. The topological polar surface area (TPSA) is 35.6 Å². The Bertz CT molecular complexity index is 2790. The van der Waals surface area contributed by atoms with Crippen LogP contribution < -0.4 is 0 Å². The lowest BCUT2D eigenvalue weighted by Gasteiger charge is -2.12. The van der Waals surface area contributed by atoms with Gasteiger partial charge < -0.3 is 9.13 Å². The van der Waals surface area contributed by atoms with Crippen molar-refractivity contribution in [2.24, 2.45) is 0 Å². The van der Waals surface area contributed by atoms with E-state index in [1.807, 2.05) is 12.1 Å². The molecule has 7 aromatic carbocycles. The summed E-state index contributed by atoms with van der Waals surface area (Å²) >= 11 is 0. The van der Waals surface area contributed by atoms with E-state index >= 15 is 0 Å². The average Bonchev–Trinajstić information content (AvgIpc) is 3.79. The summed E-state index contributed by atoms with van der Waals surface area (Å²) in [6.45, 7) is 0. The summed E-state index contributed by atoms with van der Waals surface area (Å²) in [5.41, 5.74) is 10.7. The molecule has 10 rings (SSSR count). The summed E-state index contributed by atoms with van der Waals surface area (Å²) in [7, 11) is 0. The molecule has 10 aromatic rings. The molecule has 4 nitrogen and oxygen atoms in total. The standard InChI is InChI=1S/C46H30N4/c1-4-13-31(14-5-1)40-30-41(32-15-6-2-7-16-32)48-46(47-40)33-17-12-20-35(29-33)50-43-22-11-10-21-39(43)45-38-24-25-42-37(36(38)23-26-44(45)50)27-28-49(42)34-18-8-3-9-19-34/h1-30H. The molecule has 0 fully saturated rings. The van der Waals surface area contributed by atoms with Crippen LogP contribution in [0.25, 0.3) is 88.8 Å². The molecular formula is C46H30N4. The van der Waals surface area contributed by atoms with Gasteiger partial charge in [0, 0.05) is 50.4 Å². The van der Waals surface area contributed by atoms with Gasteiger partial charge in [-0.1, -0.05) is 121 Å². The first-order chi connectivity index (χ1) is 24.8. The lowest BCUT2D eigenvalue weighted by molar-refractivity contribution is 1.13. The van der Waals surface area contributed by atoms with E-state index in [4.69, 9.17) is 9.97 Å². The highest BCUT2D eigenvalue weighted by molar-refractivity contribution is 6.25. The Kier molecular flexibility index (Phi) is 6.46. The fraction of sp³-hybridized carbons (Fsp3) is 0. The molecule has 0 N–H and O–H groups in total. The van der Waals surface area contributed by atoms with Crippen molar-refractivity contribution < 1.29 is 0 Å². The lowest BCUT2D eigenvalue weighted by atomic mass is 10.0. The van der Waals surface area contributed by atoms with E-state index in [1.165, 1.54) is 38.0 Å². The Morgan fingerprint density at radius 3 is 1.70 bits per heavy atom. The van der Waals surface area contributed by atoms with Crippen LogP contribution in [0.15, 0.2) is 182 Å². The molecular weight excluding hydrogens is 609 g/mol. The van der Waals surface area contributed by atoms with E-state index < -0.39 is 0 Å². The van der Waals surface area contributed by atoms with E-state index in [9.17, 15) is 0 Å². The molecule has 3 heterocycles. The zero-order valence-corrected chi connectivity index (χ0v) is 27.1. The fourth-order valence-corrected chi connectivity index (χ4v) is 7.47. The Labute approximate surface area is 289 Å². The van der Waals surface area contributed by atoms with Gasteiger partial charge >= 0.3 is 0 Å². The smallest absolute Gasteiger partial charge is 0.160 e. The number of para-hydroxylation sites is 2. The van der Waals surface area contributed by atoms with Crippen LogP contribution in [0.3, 0.4) is 0 Å². The maximum atomic E-state index is 5.12. The van der Waals surface area contributed by atoms with Crippen molar-refractivity contribution in [2.45, 2.75) is 0 Å². The second-order valence-corrected chi connectivity index (χ2v) is 12.7. The van der Waals surface area contributed by atoms with Gasteiger partial charge in [-0.25, -0.2) is 9.97 Å². The first kappa shape index (κ1) is 28.3. The Hall–Kier alpha value is -6.78. The Morgan fingerprint density at radius 1 is 0.360 bits per heavy atom. The van der Waals surface area contributed by atoms with Crippen LogP contribution in [0, 0.1) is 0 Å². The van der Waals surface area contributed by atoms with Gasteiger partial charge in [-0.15, -0.1) is 0 Å². The molecule has 50 heavy (non-hydrogen) atoms. The second-order valence-electron chi connectivity index (χ2n) is 12.7. The average molecular weight is 639 g/mol. The molecule has 234 valence electrons. The van der Waals surface area contributed by atoms with Gasteiger partial charge in [-0.05, 0) is 65.4 Å². The van der Waals surface area contributed by atoms with E-state index in [2.05, 4.69) is 179 Å². The lowest BCUT2D eigenvalue weighted by Crippen LogP contribution is -1.98. The van der Waals surface area contributed by atoms with Gasteiger partial charge in [0.2, 0.25) is 0 Å². The third-order valence-electron chi connectivity index (χ3n) is 9.76. The second kappa shape index (κ2) is 11.4. The Balaban J connectivity index is 1.17. The van der Waals surface area contributed by atoms with Gasteiger partial charge in [0.1, 0.15) is 0 Å². The fourth-order valence-electron chi connectivity index (χ4n) is 7.47. The Morgan fingerprint density at radius 2 is 0.960 bits per heavy atom. The number of nitrogens with zero attached hydrogens (tertiary/aromatic N) is 4. The molecule has 4 heteroatoms. The first-order valence-electron chi connectivity index (χ1n) is 16.9. The van der Waals surface area contributed by atoms with Crippen molar-refractivity contribution in [3.05, 3.63) is 182 Å². The summed E-state index contributed by atoms with van der Waals surface area (Å²) in [6, 6.07) is 62.0. The van der Waals surface area contributed by atoms with Crippen LogP contribution in [0.1, 0.15) is 0 Å². The first-order valence-corrected chi connectivity index (χ1v) is 16.9. The molecule has 0 radical (unpaired) electrons. The predicted molar refractivity (Wildman–Crippen MR) is 207 cm³/mol. The van der Waals surface area contributed by atoms with Crippen LogP contribution in [0.2, 0.25) is 0 Å². The largest absolute Gasteiger partial charge is 0.317 e. The van der Waals surface area contributed by atoms with E-state index in [0.717, 1.165) is 45.0 Å². The van der Waals surface area contributed by atoms with Crippen LogP contribution in [0.5, 0.6) is 0 Å². The summed E-state index contributed by atoms with van der Waals surface area (Å²) in [4.78, 5) is 10.2. The summed E-state index contributed by atoms with van der Waals surface area (Å²) in [5, 5.41) is 6.23. The predicted octanol–water partition coefficient (Wildman–Crippen LogP) is 11.7. The molecule has 0 saturated heterocycles. The summed E-state index contributed by atoms with van der Waals surface area (Å²) in [5.74, 6) is 0.698. The van der Waals surface area contributed by atoms with Crippen LogP contribution in [-0.2, 0) is 0 Å². The van der Waals surface area contributed by atoms with Crippen molar-refractivity contribution in [3.8, 4) is 45.3 Å². The van der Waals surface area contributed by atoms with Crippen molar-refractivity contribution in [1.29, 1.82) is 0 Å². The van der Waals surface area contributed by atoms with Gasteiger partial charge in [-0.3, -0.25) is 0 Å². The molecule has 0 bridgehead atoms. The van der Waals surface area contributed by atoms with E-state index in [-0.39, 0.29) is 0 Å². The van der Waals surface area contributed by atoms with Crippen LogP contribution >= 0.6 is 0 Å². The molecule has 0 aliphatic carbocycles. The highest BCUT2D eigenvalue weighted by Gasteiger charge is 2.18. The molecule has 0 saturated carbocycles. The normalized spacial score (nSPS) is 11.6. The molecule has 0 atom stereocenters. The third kappa shape index (κ3) is 4.54. The van der Waals surface area contributed by atoms with Crippen molar-refractivity contribution >= 4 is 43.5 Å². The minimum Gasteiger partial charge on any atom is -0.317 e. The van der Waals surface area contributed by atoms with Crippen LogP contribution in [-0.4, -0.2) is 19.1 Å². The maximum Gasteiger partial charge on any atom is 0.160 e. The van der Waals surface area contributed by atoms with Crippen LogP contribution in [0.4, 0.5) is 0 Å². The minimum absolute atomic E-state index is 0.698. The van der Waals surface area contributed by atoms with Gasteiger partial charge in [-0.2, -0.15) is 0 Å². The van der Waals surface area contributed by atoms with Gasteiger partial charge in [0.25, 0.3) is 0 Å². The number of rotatable bonds is 5. The number of hydrogen-bond acceptors (Lipinski definition) is 2. The third-order valence-corrected chi connectivity index (χ3v) is 9.76. The highest BCUT2D eigenvalue weighted by atomic mass is 15.0. The van der Waals surface area contributed by atoms with E-state index in [1.54, 1.807) is 0 Å². The van der Waals surface area contributed by atoms with Gasteiger partial charge in [0.05, 0.1) is 27.9 Å². The molecule has 0 aliphatic rings. The van der Waals surface area contributed by atoms with E-state index in [0.29, 0.717) is 5.82 Å². The monoisotopic (exact) mass is 638 g/mol. The van der Waals surface area contributed by atoms with Crippen molar-refractivity contribution in [3.63, 3.8) is 0 Å². The minimum atomic E-state index is 0.698. The molecule has 0 spiro atoms. The van der Waals surface area contributed by atoms with Crippen molar-refractivity contribution in [1.82, 2.24) is 19.1 Å². The van der Waals surface area contributed by atoms with Crippen molar-refractivity contribution in [2.75, 3.05) is 0 Å². The SMILES string of the molecule is c1ccc(-c2cc(-c3ccccc3)nc(-c3cccc(-n4c5ccccc5c5c6ccc7c(ccn7-c7ccccc7)c6ccc54)c3)n2)cc1. The molecule has 0 aliphatic heterocycles. The summed E-state index contributed by atoms with van der Waals surface area (Å²) < 4.78 is 4.65. The highest BCUT2D eigenvalue weighted by Crippen LogP contribution is 2.40. The summed E-state index contributed by atoms with van der Waals surface area (Å²) in [6.07, 6.45) is 2.18. The zero-order chi connectivity index (χ0) is 33.0. The quantitative estimate of drug-likeness (QED) is 0.188. The number of fused-ring (bicyclic) bond motifs is 7.